The van der Waals surface area contributed by atoms with Crippen LogP contribution in [0.4, 0.5) is 4.39 Å². The van der Waals surface area contributed by atoms with Gasteiger partial charge < -0.3 is 25.4 Å². The second kappa shape index (κ2) is 13.3. The van der Waals surface area contributed by atoms with Crippen LogP contribution in [0.2, 0.25) is 0 Å². The van der Waals surface area contributed by atoms with Crippen LogP contribution in [-0.4, -0.2) is 58.3 Å². The Morgan fingerprint density at radius 1 is 1.22 bits per heavy atom. The summed E-state index contributed by atoms with van der Waals surface area (Å²) in [5.74, 6) is 0.431. The van der Waals surface area contributed by atoms with E-state index in [-0.39, 0.29) is 23.5 Å². The van der Waals surface area contributed by atoms with E-state index in [1.807, 2.05) is 7.05 Å². The molecule has 37 heavy (non-hydrogen) atoms. The van der Waals surface area contributed by atoms with Crippen molar-refractivity contribution in [1.82, 2.24) is 20.6 Å². The van der Waals surface area contributed by atoms with Crippen molar-refractivity contribution in [3.8, 4) is 0 Å². The zero-order valence-corrected chi connectivity index (χ0v) is 21.8. The number of aryl methyl sites for hydroxylation is 2. The number of halogens is 1. The first kappa shape index (κ1) is 28.3. The normalized spacial score (nSPS) is 21.7. The van der Waals surface area contributed by atoms with Crippen molar-refractivity contribution < 1.29 is 23.9 Å². The van der Waals surface area contributed by atoms with Crippen LogP contribution in [-0.2, 0) is 16.2 Å². The van der Waals surface area contributed by atoms with E-state index in [1.54, 1.807) is 32.0 Å². The lowest BCUT2D eigenvalue weighted by Gasteiger charge is -2.30. The predicted octanol–water partition coefficient (Wildman–Crippen LogP) is 3.00. The van der Waals surface area contributed by atoms with E-state index in [0.29, 0.717) is 48.3 Å². The highest BCUT2D eigenvalue weighted by molar-refractivity contribution is 6.01. The fourth-order valence-corrected chi connectivity index (χ4v) is 4.50. The molecule has 1 fully saturated rings. The van der Waals surface area contributed by atoms with Gasteiger partial charge in [-0.1, -0.05) is 17.3 Å². The average Bonchev–Trinajstić information content (AvgIpc) is 3.39. The highest BCUT2D eigenvalue weighted by Crippen LogP contribution is 2.33. The minimum absolute atomic E-state index is 0.0667. The summed E-state index contributed by atoms with van der Waals surface area (Å²) in [7, 11) is 2.02. The van der Waals surface area contributed by atoms with Crippen molar-refractivity contribution in [2.45, 2.75) is 77.7 Å². The van der Waals surface area contributed by atoms with E-state index in [0.717, 1.165) is 37.0 Å². The molecule has 1 saturated carbocycles. The van der Waals surface area contributed by atoms with E-state index in [9.17, 15) is 14.0 Å². The van der Waals surface area contributed by atoms with Crippen molar-refractivity contribution >= 4 is 17.9 Å². The maximum absolute atomic E-state index is 13.5. The molecule has 1 aliphatic carbocycles. The summed E-state index contributed by atoms with van der Waals surface area (Å²) >= 11 is 0. The Hall–Kier alpha value is -3.24. The average molecular weight is 514 g/mol. The smallest absolute Gasteiger partial charge is 0.270 e. The first-order chi connectivity index (χ1) is 17.7. The summed E-state index contributed by atoms with van der Waals surface area (Å²) in [6.07, 6.45) is 4.99. The largest absolute Gasteiger partial charge is 0.391 e. The van der Waals surface area contributed by atoms with Gasteiger partial charge in [-0.2, -0.15) is 0 Å². The number of amides is 1. The number of aliphatic hydroxyl groups is 1. The Morgan fingerprint density at radius 2 is 1.92 bits per heavy atom. The second-order valence-electron chi connectivity index (χ2n) is 9.61. The van der Waals surface area contributed by atoms with E-state index in [4.69, 9.17) is 9.94 Å². The number of nitrogens with one attached hydrogen (secondary N) is 2. The lowest BCUT2D eigenvalue weighted by atomic mass is 9.81. The number of carbonyl (C=O) groups excluding carboxylic acids is 2. The zero-order valence-electron chi connectivity index (χ0n) is 21.8. The molecule has 1 aliphatic heterocycles. The third kappa shape index (κ3) is 8.13. The van der Waals surface area contributed by atoms with E-state index >= 15 is 0 Å². The Bertz CT molecular complexity index is 1120. The zero-order chi connectivity index (χ0) is 26.9. The SMILES string of the molecule is CC(O)C=O.CNC1CCC(C2CC(c3cc(C(=O)NCc4ccc(F)c(C)c4)nc(C)n3)=NO2)CC1. The van der Waals surface area contributed by atoms with Crippen molar-refractivity contribution in [1.29, 1.82) is 0 Å². The summed E-state index contributed by atoms with van der Waals surface area (Å²) in [5.41, 5.74) is 3.05. The van der Waals surface area contributed by atoms with Crippen molar-refractivity contribution in [2.75, 3.05) is 7.05 Å². The number of aldehydes is 1. The first-order valence-corrected chi connectivity index (χ1v) is 12.6. The van der Waals surface area contributed by atoms with Gasteiger partial charge in [0.25, 0.3) is 5.91 Å². The summed E-state index contributed by atoms with van der Waals surface area (Å²) in [4.78, 5) is 36.5. The van der Waals surface area contributed by atoms with Gasteiger partial charge in [0.1, 0.15) is 41.5 Å². The molecule has 0 radical (unpaired) electrons. The Morgan fingerprint density at radius 3 is 2.54 bits per heavy atom. The molecule has 1 aromatic carbocycles. The van der Waals surface area contributed by atoms with Gasteiger partial charge in [-0.3, -0.25) is 4.79 Å². The van der Waals surface area contributed by atoms with Gasteiger partial charge in [-0.15, -0.1) is 0 Å². The highest BCUT2D eigenvalue weighted by Gasteiger charge is 2.33. The monoisotopic (exact) mass is 513 g/mol. The predicted molar refractivity (Wildman–Crippen MR) is 138 cm³/mol. The topological polar surface area (TPSA) is 126 Å². The van der Waals surface area contributed by atoms with E-state index in [1.165, 1.54) is 13.0 Å². The number of nitrogens with zero attached hydrogens (tertiary/aromatic N) is 3. The van der Waals surface area contributed by atoms with Crippen LogP contribution in [0, 0.1) is 25.6 Å². The lowest BCUT2D eigenvalue weighted by molar-refractivity contribution is -0.114. The molecule has 0 spiro atoms. The highest BCUT2D eigenvalue weighted by atomic mass is 19.1. The molecule has 0 bridgehead atoms. The number of hydrogen-bond acceptors (Lipinski definition) is 8. The second-order valence-corrected chi connectivity index (χ2v) is 9.61. The standard InChI is InChI=1S/C24H30FN5O2.C3H6O2/c1-14-10-16(4-9-19(14)25)13-27-24(31)22-11-20(28-15(2)29-22)21-12-23(32-30-21)17-5-7-18(26-3)8-6-17;1-3(5)2-4/h4,9-11,17-18,23,26H,5-8,12-13H2,1-3H3,(H,27,31);2-3,5H,1H3. The van der Waals surface area contributed by atoms with Gasteiger partial charge in [0.05, 0.1) is 5.69 Å². The molecular formula is C27H36FN5O4. The molecule has 2 atom stereocenters. The molecule has 10 heteroatoms. The number of aromatic nitrogens is 2. The quantitative estimate of drug-likeness (QED) is 0.486. The minimum Gasteiger partial charge on any atom is -0.391 e. The molecule has 9 nitrogen and oxygen atoms in total. The van der Waals surface area contributed by atoms with Gasteiger partial charge in [0.15, 0.2) is 0 Å². The molecule has 2 aromatic rings. The molecule has 0 saturated heterocycles. The van der Waals surface area contributed by atoms with Gasteiger partial charge in [-0.05, 0) is 82.7 Å². The van der Waals surface area contributed by atoms with Crippen LogP contribution < -0.4 is 10.6 Å². The molecule has 4 rings (SSSR count). The van der Waals surface area contributed by atoms with Gasteiger partial charge in [0.2, 0.25) is 0 Å². The number of oxime groups is 1. The van der Waals surface area contributed by atoms with Crippen molar-refractivity contribution in [3.05, 3.63) is 58.4 Å². The van der Waals surface area contributed by atoms with Gasteiger partial charge in [0, 0.05) is 19.0 Å². The third-order valence-electron chi connectivity index (χ3n) is 6.64. The maximum atomic E-state index is 13.5. The number of aliphatic hydroxyl groups excluding tert-OH is 1. The van der Waals surface area contributed by atoms with Crippen molar-refractivity contribution in [3.63, 3.8) is 0 Å². The molecule has 2 unspecified atom stereocenters. The van der Waals surface area contributed by atoms with Gasteiger partial charge >= 0.3 is 0 Å². The molecule has 2 aliphatic rings. The lowest BCUT2D eigenvalue weighted by Crippen LogP contribution is -2.34. The van der Waals surface area contributed by atoms with Crippen molar-refractivity contribution in [2.24, 2.45) is 11.1 Å². The Labute approximate surface area is 216 Å². The van der Waals surface area contributed by atoms with Crippen LogP contribution in [0.15, 0.2) is 29.4 Å². The summed E-state index contributed by atoms with van der Waals surface area (Å²) < 4.78 is 13.5. The Balaban J connectivity index is 0.000000695. The van der Waals surface area contributed by atoms with E-state index < -0.39 is 6.10 Å². The molecule has 3 N–H and O–H groups in total. The van der Waals surface area contributed by atoms with Crippen LogP contribution in [0.3, 0.4) is 0 Å². The molecule has 1 aromatic heterocycles. The van der Waals surface area contributed by atoms with E-state index in [2.05, 4.69) is 25.8 Å². The summed E-state index contributed by atoms with van der Waals surface area (Å²) in [5, 5.41) is 18.5. The van der Waals surface area contributed by atoms with Crippen LogP contribution in [0.25, 0.3) is 0 Å². The fourth-order valence-electron chi connectivity index (χ4n) is 4.50. The fraction of sp³-hybridized carbons (Fsp3) is 0.519. The molecular weight excluding hydrogens is 477 g/mol. The number of carbonyl (C=O) groups is 2. The number of hydrogen-bond donors (Lipinski definition) is 3. The number of rotatable bonds is 7. The Kier molecular flexibility index (Phi) is 10.2. The molecule has 200 valence electrons. The summed E-state index contributed by atoms with van der Waals surface area (Å²) in [6, 6.07) is 7.05. The van der Waals surface area contributed by atoms with Crippen LogP contribution >= 0.6 is 0 Å². The number of benzene rings is 1. The third-order valence-corrected chi connectivity index (χ3v) is 6.64. The molecule has 1 amide bonds. The minimum atomic E-state index is -0.796. The first-order valence-electron chi connectivity index (χ1n) is 12.6. The van der Waals surface area contributed by atoms with Gasteiger partial charge in [-0.25, -0.2) is 14.4 Å². The summed E-state index contributed by atoms with van der Waals surface area (Å²) in [6.45, 7) is 5.16. The van der Waals surface area contributed by atoms with Crippen LogP contribution in [0.5, 0.6) is 0 Å². The molecule has 2 heterocycles. The maximum Gasteiger partial charge on any atom is 0.270 e. The van der Waals surface area contributed by atoms with Crippen LogP contribution in [0.1, 0.15) is 72.2 Å².